The van der Waals surface area contributed by atoms with Gasteiger partial charge in [-0.25, -0.2) is 4.98 Å². The summed E-state index contributed by atoms with van der Waals surface area (Å²) in [7, 11) is 0. The van der Waals surface area contributed by atoms with Crippen LogP contribution in [0, 0.1) is 6.92 Å². The van der Waals surface area contributed by atoms with E-state index in [0.29, 0.717) is 6.42 Å². The van der Waals surface area contributed by atoms with Gasteiger partial charge in [0.2, 0.25) is 5.91 Å². The van der Waals surface area contributed by atoms with Gasteiger partial charge in [0, 0.05) is 38.1 Å². The number of nitrogens with one attached hydrogen (secondary N) is 2. The standard InChI is InChI=1S/C23H25N5O/c1-17-14-20(8-9-25-17)19-4-2-18(3-5-19)15-23(29)27-21-6-7-22(26-16-21)28-12-10-24-11-13-28/h2-9,14,16,24H,10-13,15H2,1H3,(H,27,29). The Morgan fingerprint density at radius 2 is 1.83 bits per heavy atom. The molecule has 0 atom stereocenters. The second kappa shape index (κ2) is 8.84. The number of anilines is 2. The van der Waals surface area contributed by atoms with Crippen LogP contribution >= 0.6 is 0 Å². The molecule has 148 valence electrons. The number of rotatable bonds is 5. The van der Waals surface area contributed by atoms with Crippen LogP contribution in [0.15, 0.2) is 60.9 Å². The molecule has 6 heteroatoms. The predicted molar refractivity (Wildman–Crippen MR) is 116 cm³/mol. The van der Waals surface area contributed by atoms with E-state index in [0.717, 1.165) is 60.1 Å². The summed E-state index contributed by atoms with van der Waals surface area (Å²) in [5, 5.41) is 6.26. The molecule has 0 bridgehead atoms. The van der Waals surface area contributed by atoms with E-state index < -0.39 is 0 Å². The Morgan fingerprint density at radius 1 is 1.03 bits per heavy atom. The molecule has 29 heavy (non-hydrogen) atoms. The average Bonchev–Trinajstić information content (AvgIpc) is 2.75. The fourth-order valence-corrected chi connectivity index (χ4v) is 3.47. The van der Waals surface area contributed by atoms with Crippen LogP contribution < -0.4 is 15.5 Å². The van der Waals surface area contributed by atoms with Crippen molar-refractivity contribution in [3.63, 3.8) is 0 Å². The first kappa shape index (κ1) is 19.1. The van der Waals surface area contributed by atoms with E-state index in [1.807, 2.05) is 55.6 Å². The molecule has 6 nitrogen and oxygen atoms in total. The van der Waals surface area contributed by atoms with E-state index in [2.05, 4.69) is 31.6 Å². The minimum Gasteiger partial charge on any atom is -0.354 e. The maximum absolute atomic E-state index is 12.4. The summed E-state index contributed by atoms with van der Waals surface area (Å²) >= 11 is 0. The molecule has 1 amide bonds. The van der Waals surface area contributed by atoms with Crippen LogP contribution in [0.4, 0.5) is 11.5 Å². The highest BCUT2D eigenvalue weighted by Gasteiger charge is 2.12. The largest absolute Gasteiger partial charge is 0.354 e. The highest BCUT2D eigenvalue weighted by molar-refractivity contribution is 5.92. The molecule has 1 saturated heterocycles. The first-order chi connectivity index (χ1) is 14.2. The van der Waals surface area contributed by atoms with Crippen LogP contribution in [0.25, 0.3) is 11.1 Å². The SMILES string of the molecule is Cc1cc(-c2ccc(CC(=O)Nc3ccc(N4CCNCC4)nc3)cc2)ccn1. The van der Waals surface area contributed by atoms with Crippen molar-refractivity contribution in [2.45, 2.75) is 13.3 Å². The Kier molecular flexibility index (Phi) is 5.81. The zero-order valence-corrected chi connectivity index (χ0v) is 16.6. The lowest BCUT2D eigenvalue weighted by Crippen LogP contribution is -2.43. The van der Waals surface area contributed by atoms with Gasteiger partial charge in [-0.15, -0.1) is 0 Å². The number of nitrogens with zero attached hydrogens (tertiary/aromatic N) is 3. The van der Waals surface area contributed by atoms with Crippen molar-refractivity contribution in [3.8, 4) is 11.1 Å². The second-order valence-corrected chi connectivity index (χ2v) is 7.25. The first-order valence-electron chi connectivity index (χ1n) is 9.91. The van der Waals surface area contributed by atoms with Crippen molar-refractivity contribution in [1.82, 2.24) is 15.3 Å². The number of piperazine rings is 1. The Hall–Kier alpha value is -3.25. The van der Waals surface area contributed by atoms with Crippen molar-refractivity contribution in [2.75, 3.05) is 36.4 Å². The van der Waals surface area contributed by atoms with Gasteiger partial charge >= 0.3 is 0 Å². The minimum absolute atomic E-state index is 0.0470. The van der Waals surface area contributed by atoms with Gasteiger partial charge in [-0.05, 0) is 47.9 Å². The quantitative estimate of drug-likeness (QED) is 0.704. The summed E-state index contributed by atoms with van der Waals surface area (Å²) in [6.07, 6.45) is 3.87. The summed E-state index contributed by atoms with van der Waals surface area (Å²) < 4.78 is 0. The van der Waals surface area contributed by atoms with Gasteiger partial charge in [0.15, 0.2) is 0 Å². The minimum atomic E-state index is -0.0470. The molecule has 1 fully saturated rings. The molecule has 0 unspecified atom stereocenters. The number of pyridine rings is 2. The number of hydrogen-bond acceptors (Lipinski definition) is 5. The lowest BCUT2D eigenvalue weighted by atomic mass is 10.0. The third-order valence-corrected chi connectivity index (χ3v) is 5.02. The summed E-state index contributed by atoms with van der Waals surface area (Å²) in [5.74, 6) is 0.903. The van der Waals surface area contributed by atoms with Gasteiger partial charge in [0.05, 0.1) is 18.3 Å². The van der Waals surface area contributed by atoms with Crippen LogP contribution in [-0.4, -0.2) is 42.1 Å². The Balaban J connectivity index is 1.34. The Morgan fingerprint density at radius 3 is 2.52 bits per heavy atom. The zero-order chi connectivity index (χ0) is 20.1. The van der Waals surface area contributed by atoms with Crippen molar-refractivity contribution in [1.29, 1.82) is 0 Å². The van der Waals surface area contributed by atoms with E-state index in [1.54, 1.807) is 6.20 Å². The summed E-state index contributed by atoms with van der Waals surface area (Å²) in [4.78, 5) is 23.4. The van der Waals surface area contributed by atoms with E-state index >= 15 is 0 Å². The van der Waals surface area contributed by atoms with Gasteiger partial charge in [-0.1, -0.05) is 24.3 Å². The highest BCUT2D eigenvalue weighted by atomic mass is 16.1. The maximum atomic E-state index is 12.4. The average molecular weight is 387 g/mol. The summed E-state index contributed by atoms with van der Waals surface area (Å²) in [6.45, 7) is 5.83. The summed E-state index contributed by atoms with van der Waals surface area (Å²) in [5.41, 5.74) is 4.93. The molecule has 1 aromatic carbocycles. The molecular formula is C23H25N5O. The van der Waals surface area contributed by atoms with E-state index in [1.165, 1.54) is 0 Å². The number of carbonyl (C=O) groups is 1. The molecule has 0 spiro atoms. The van der Waals surface area contributed by atoms with Gasteiger partial charge in [0.1, 0.15) is 5.82 Å². The van der Waals surface area contributed by atoms with Gasteiger partial charge in [-0.3, -0.25) is 9.78 Å². The topological polar surface area (TPSA) is 70.2 Å². The molecule has 2 N–H and O–H groups in total. The smallest absolute Gasteiger partial charge is 0.228 e. The molecule has 0 radical (unpaired) electrons. The van der Waals surface area contributed by atoms with Crippen molar-refractivity contribution < 1.29 is 4.79 Å². The first-order valence-corrected chi connectivity index (χ1v) is 9.91. The van der Waals surface area contributed by atoms with Crippen molar-refractivity contribution in [2.24, 2.45) is 0 Å². The van der Waals surface area contributed by atoms with Gasteiger partial charge < -0.3 is 15.5 Å². The molecule has 1 aliphatic rings. The van der Waals surface area contributed by atoms with Crippen LogP contribution in [0.1, 0.15) is 11.3 Å². The van der Waals surface area contributed by atoms with Crippen LogP contribution in [0.3, 0.4) is 0 Å². The molecule has 0 saturated carbocycles. The number of hydrogen-bond donors (Lipinski definition) is 2. The third kappa shape index (κ3) is 4.97. The molecule has 0 aliphatic carbocycles. The normalized spacial score (nSPS) is 13.9. The highest BCUT2D eigenvalue weighted by Crippen LogP contribution is 2.20. The monoisotopic (exact) mass is 387 g/mol. The van der Waals surface area contributed by atoms with Crippen molar-refractivity contribution >= 4 is 17.4 Å². The Labute approximate surface area is 171 Å². The predicted octanol–water partition coefficient (Wildman–Crippen LogP) is 3.04. The number of carbonyl (C=O) groups excluding carboxylic acids is 1. The Bertz CT molecular complexity index is 963. The van der Waals surface area contributed by atoms with E-state index in [4.69, 9.17) is 0 Å². The molecule has 2 aromatic heterocycles. The molecule has 1 aliphatic heterocycles. The molecule has 4 rings (SSSR count). The molecular weight excluding hydrogens is 362 g/mol. The number of benzene rings is 1. The lowest BCUT2D eigenvalue weighted by molar-refractivity contribution is -0.115. The van der Waals surface area contributed by atoms with Crippen LogP contribution in [0.5, 0.6) is 0 Å². The number of amides is 1. The maximum Gasteiger partial charge on any atom is 0.228 e. The second-order valence-electron chi connectivity index (χ2n) is 7.25. The zero-order valence-electron chi connectivity index (χ0n) is 16.6. The number of aryl methyl sites for hydroxylation is 1. The van der Waals surface area contributed by atoms with Crippen LogP contribution in [0.2, 0.25) is 0 Å². The van der Waals surface area contributed by atoms with Gasteiger partial charge in [-0.2, -0.15) is 0 Å². The van der Waals surface area contributed by atoms with E-state index in [-0.39, 0.29) is 5.91 Å². The third-order valence-electron chi connectivity index (χ3n) is 5.02. The van der Waals surface area contributed by atoms with Gasteiger partial charge in [0.25, 0.3) is 0 Å². The number of aromatic nitrogens is 2. The fourth-order valence-electron chi connectivity index (χ4n) is 3.47. The van der Waals surface area contributed by atoms with Crippen LogP contribution in [-0.2, 0) is 11.2 Å². The molecule has 3 heterocycles. The van der Waals surface area contributed by atoms with E-state index in [9.17, 15) is 4.79 Å². The summed E-state index contributed by atoms with van der Waals surface area (Å²) in [6, 6.07) is 16.0. The van der Waals surface area contributed by atoms with Crippen molar-refractivity contribution in [3.05, 3.63) is 72.2 Å². The molecule has 3 aromatic rings. The fraction of sp³-hybridized carbons (Fsp3) is 0.261. The lowest BCUT2D eigenvalue weighted by Gasteiger charge is -2.28.